The Morgan fingerprint density at radius 1 is 1.19 bits per heavy atom. The smallest absolute Gasteiger partial charge is 0.317 e. The van der Waals surface area contributed by atoms with Crippen molar-refractivity contribution in [2.45, 2.75) is 44.1 Å². The van der Waals surface area contributed by atoms with E-state index in [0.717, 1.165) is 42.8 Å². The summed E-state index contributed by atoms with van der Waals surface area (Å²) in [7, 11) is 0. The number of hydrogen-bond donors (Lipinski definition) is 1. The van der Waals surface area contributed by atoms with E-state index in [4.69, 9.17) is 9.51 Å². The summed E-state index contributed by atoms with van der Waals surface area (Å²) < 4.78 is 5.61. The van der Waals surface area contributed by atoms with E-state index in [0.29, 0.717) is 24.9 Å². The maximum atomic E-state index is 13.0. The first-order valence-electron chi connectivity index (χ1n) is 11.0. The van der Waals surface area contributed by atoms with E-state index in [2.05, 4.69) is 15.5 Å². The lowest BCUT2D eigenvalue weighted by Gasteiger charge is -2.41. The van der Waals surface area contributed by atoms with Crippen molar-refractivity contribution in [1.29, 1.82) is 0 Å². The Morgan fingerprint density at radius 2 is 2.06 bits per heavy atom. The summed E-state index contributed by atoms with van der Waals surface area (Å²) in [6, 6.07) is 13.7. The maximum Gasteiger partial charge on any atom is 0.317 e. The normalized spacial score (nSPS) is 21.1. The van der Waals surface area contributed by atoms with Crippen LogP contribution in [0.3, 0.4) is 0 Å². The Hall–Kier alpha value is -3.22. The molecule has 1 saturated carbocycles. The predicted molar refractivity (Wildman–Crippen MR) is 116 cm³/mol. The van der Waals surface area contributed by atoms with Crippen molar-refractivity contribution in [3.05, 3.63) is 66.2 Å². The van der Waals surface area contributed by atoms with Crippen LogP contribution in [0.5, 0.6) is 0 Å². The average Bonchev–Trinajstić information content (AvgIpc) is 3.48. The second kappa shape index (κ2) is 8.49. The fourth-order valence-electron chi connectivity index (χ4n) is 4.55. The minimum atomic E-state index is -0.256. The second-order valence-electron chi connectivity index (χ2n) is 8.76. The summed E-state index contributed by atoms with van der Waals surface area (Å²) >= 11 is 0. The third kappa shape index (κ3) is 4.45. The van der Waals surface area contributed by atoms with E-state index in [9.17, 15) is 4.79 Å². The lowest BCUT2D eigenvalue weighted by Crippen LogP contribution is -2.52. The molecule has 1 atom stereocenters. The van der Waals surface area contributed by atoms with E-state index in [1.807, 2.05) is 47.4 Å². The van der Waals surface area contributed by atoms with Gasteiger partial charge in [0.05, 0.1) is 11.0 Å². The molecule has 0 radical (unpaired) electrons. The average molecular weight is 418 g/mol. The number of piperidine rings is 1. The van der Waals surface area contributed by atoms with E-state index < -0.39 is 0 Å². The van der Waals surface area contributed by atoms with Gasteiger partial charge in [0.2, 0.25) is 0 Å². The number of benzene rings is 1. The van der Waals surface area contributed by atoms with Crippen LogP contribution in [0, 0.1) is 5.92 Å². The van der Waals surface area contributed by atoms with E-state index >= 15 is 0 Å². The van der Waals surface area contributed by atoms with Crippen molar-refractivity contribution >= 4 is 6.03 Å². The fourth-order valence-corrected chi connectivity index (χ4v) is 4.55. The zero-order valence-electron chi connectivity index (χ0n) is 17.5. The van der Waals surface area contributed by atoms with Crippen molar-refractivity contribution in [2.75, 3.05) is 13.1 Å². The van der Waals surface area contributed by atoms with Gasteiger partial charge in [0.25, 0.3) is 5.89 Å². The van der Waals surface area contributed by atoms with Gasteiger partial charge in [0, 0.05) is 32.0 Å². The molecule has 3 aromatic rings. The molecule has 31 heavy (non-hydrogen) atoms. The van der Waals surface area contributed by atoms with Crippen molar-refractivity contribution in [1.82, 2.24) is 25.3 Å². The number of pyridine rings is 1. The van der Waals surface area contributed by atoms with E-state index in [-0.39, 0.29) is 11.4 Å². The van der Waals surface area contributed by atoms with Crippen LogP contribution in [0.4, 0.5) is 4.79 Å². The maximum absolute atomic E-state index is 13.0. The quantitative estimate of drug-likeness (QED) is 0.651. The predicted octanol–water partition coefficient (Wildman–Crippen LogP) is 4.18. The van der Waals surface area contributed by atoms with Gasteiger partial charge in [0.15, 0.2) is 5.82 Å². The number of nitrogens with zero attached hydrogens (tertiary/aromatic N) is 4. The third-order valence-corrected chi connectivity index (χ3v) is 6.34. The molecule has 1 aromatic carbocycles. The van der Waals surface area contributed by atoms with Crippen LogP contribution in [-0.4, -0.2) is 39.1 Å². The van der Waals surface area contributed by atoms with Crippen molar-refractivity contribution in [3.8, 4) is 11.5 Å². The van der Waals surface area contributed by atoms with Gasteiger partial charge in [-0.05, 0) is 42.9 Å². The van der Waals surface area contributed by atoms with Crippen LogP contribution in [0.2, 0.25) is 0 Å². The Labute approximate surface area is 181 Å². The first kappa shape index (κ1) is 19.7. The summed E-state index contributed by atoms with van der Waals surface area (Å²) in [6.45, 7) is 1.90. The molecule has 2 amide bonds. The summed E-state index contributed by atoms with van der Waals surface area (Å²) in [5, 5.41) is 7.46. The summed E-state index contributed by atoms with van der Waals surface area (Å²) in [5.74, 6) is 1.90. The molecule has 1 aliphatic carbocycles. The van der Waals surface area contributed by atoms with E-state index in [1.165, 1.54) is 12.8 Å². The molecule has 1 N–H and O–H groups in total. The van der Waals surface area contributed by atoms with Crippen LogP contribution in [0.15, 0.2) is 59.4 Å². The molecule has 5 rings (SSSR count). The molecule has 7 nitrogen and oxygen atoms in total. The molecule has 2 aliphatic rings. The number of hydrogen-bond acceptors (Lipinski definition) is 5. The lowest BCUT2D eigenvalue weighted by molar-refractivity contribution is 0.134. The summed E-state index contributed by atoms with van der Waals surface area (Å²) in [5.41, 5.74) is 1.65. The molecule has 0 spiro atoms. The Bertz CT molecular complexity index is 1020. The molecule has 160 valence electrons. The van der Waals surface area contributed by atoms with Gasteiger partial charge in [0.1, 0.15) is 0 Å². The molecule has 0 bridgehead atoms. The number of likely N-dealkylation sites (tertiary alicyclic amines) is 1. The van der Waals surface area contributed by atoms with Crippen molar-refractivity contribution in [2.24, 2.45) is 5.92 Å². The molecule has 2 fully saturated rings. The van der Waals surface area contributed by atoms with Gasteiger partial charge in [-0.25, -0.2) is 4.79 Å². The number of rotatable bonds is 6. The molecule has 1 unspecified atom stereocenters. The highest BCUT2D eigenvalue weighted by Crippen LogP contribution is 2.45. The van der Waals surface area contributed by atoms with Crippen LogP contribution in [-0.2, 0) is 12.0 Å². The molecule has 3 heterocycles. The number of carbonyl (C=O) groups is 1. The van der Waals surface area contributed by atoms with Crippen LogP contribution < -0.4 is 5.32 Å². The van der Waals surface area contributed by atoms with Gasteiger partial charge in [-0.15, -0.1) is 0 Å². The van der Waals surface area contributed by atoms with Crippen molar-refractivity contribution < 1.29 is 9.32 Å². The highest BCUT2D eigenvalue weighted by molar-refractivity contribution is 5.74. The minimum absolute atomic E-state index is 0.0281. The number of carbonyl (C=O) groups excluding carboxylic acids is 1. The molecular formula is C24H27N5O2. The topological polar surface area (TPSA) is 84.2 Å². The van der Waals surface area contributed by atoms with Gasteiger partial charge < -0.3 is 14.7 Å². The highest BCUT2D eigenvalue weighted by atomic mass is 16.5. The molecule has 7 heteroatoms. The Kier molecular flexibility index (Phi) is 5.40. The number of nitrogens with one attached hydrogen (secondary N) is 1. The van der Waals surface area contributed by atoms with Gasteiger partial charge in [-0.1, -0.05) is 48.3 Å². The van der Waals surface area contributed by atoms with Crippen LogP contribution >= 0.6 is 0 Å². The molecule has 1 aliphatic heterocycles. The number of aromatic nitrogens is 3. The molecule has 1 saturated heterocycles. The Morgan fingerprint density at radius 3 is 2.84 bits per heavy atom. The van der Waals surface area contributed by atoms with Gasteiger partial charge in [-0.3, -0.25) is 4.98 Å². The lowest BCUT2D eigenvalue weighted by atomic mass is 9.75. The minimum Gasteiger partial charge on any atom is -0.334 e. The zero-order valence-corrected chi connectivity index (χ0v) is 17.5. The molecule has 2 aromatic heterocycles. The van der Waals surface area contributed by atoms with Crippen LogP contribution in [0.25, 0.3) is 11.5 Å². The van der Waals surface area contributed by atoms with Crippen LogP contribution in [0.1, 0.15) is 43.5 Å². The highest BCUT2D eigenvalue weighted by Gasteiger charge is 2.45. The van der Waals surface area contributed by atoms with E-state index in [1.54, 1.807) is 12.4 Å². The SMILES string of the molecule is O=C(NCc1ccccc1)N1CCCC(CC2CC2)(c2noc(-c3cccnc3)n2)C1. The summed E-state index contributed by atoms with van der Waals surface area (Å²) in [4.78, 5) is 23.8. The van der Waals surface area contributed by atoms with Gasteiger partial charge >= 0.3 is 6.03 Å². The number of urea groups is 1. The first-order chi connectivity index (χ1) is 15.2. The third-order valence-electron chi connectivity index (χ3n) is 6.34. The Balaban J connectivity index is 1.34. The van der Waals surface area contributed by atoms with Crippen molar-refractivity contribution in [3.63, 3.8) is 0 Å². The van der Waals surface area contributed by atoms with Gasteiger partial charge in [-0.2, -0.15) is 4.98 Å². The second-order valence-corrected chi connectivity index (χ2v) is 8.76. The molecular weight excluding hydrogens is 390 g/mol. The largest absolute Gasteiger partial charge is 0.334 e. The zero-order chi connectivity index (χ0) is 21.1. The fraction of sp³-hybridized carbons (Fsp3) is 0.417. The first-order valence-corrected chi connectivity index (χ1v) is 11.0. The summed E-state index contributed by atoms with van der Waals surface area (Å²) in [6.07, 6.45) is 8.85. The monoisotopic (exact) mass is 417 g/mol. The standard InChI is InChI=1S/C24H27N5O2/c30-23(26-15-19-6-2-1-3-7-19)29-13-5-11-24(17-29,14-18-9-10-18)22-27-21(31-28-22)20-8-4-12-25-16-20/h1-4,6-8,12,16,18H,5,9-11,13-15,17H2,(H,26,30). The number of amides is 2.